The Balaban J connectivity index is 1.50. The van der Waals surface area contributed by atoms with Gasteiger partial charge in [0.15, 0.2) is 17.7 Å². The minimum absolute atomic E-state index is 0.00523. The third kappa shape index (κ3) is 6.21. The van der Waals surface area contributed by atoms with E-state index in [1.807, 2.05) is 19.1 Å². The Kier molecular flexibility index (Phi) is 8.66. The molecular weight excluding hydrogens is 537 g/mol. The van der Waals surface area contributed by atoms with Crippen molar-refractivity contribution in [3.8, 4) is 11.8 Å². The lowest BCUT2D eigenvalue weighted by Crippen LogP contribution is -2.56. The fourth-order valence-corrected chi connectivity index (χ4v) is 5.46. The van der Waals surface area contributed by atoms with Gasteiger partial charge in [0.25, 0.3) is 11.8 Å². The Labute approximate surface area is 238 Å². The largest absolute Gasteiger partial charge is 0.477 e. The van der Waals surface area contributed by atoms with Crippen molar-refractivity contribution in [3.63, 3.8) is 0 Å². The number of rotatable bonds is 7. The fourth-order valence-electron chi connectivity index (χ4n) is 5.26. The highest BCUT2D eigenvalue weighted by atomic mass is 35.5. The van der Waals surface area contributed by atoms with Crippen molar-refractivity contribution >= 4 is 29.3 Å². The molecule has 0 aliphatic carbocycles. The monoisotopic (exact) mass is 569 g/mol. The highest BCUT2D eigenvalue weighted by molar-refractivity contribution is 6.30. The first-order valence-electron chi connectivity index (χ1n) is 13.2. The first kappa shape index (κ1) is 29.3. The van der Waals surface area contributed by atoms with Gasteiger partial charge in [-0.3, -0.25) is 19.8 Å². The molecule has 212 valence electrons. The van der Waals surface area contributed by atoms with Gasteiger partial charge in [-0.05, 0) is 76.4 Å². The molecule has 0 aromatic heterocycles. The van der Waals surface area contributed by atoms with Crippen LogP contribution in [0.15, 0.2) is 42.5 Å². The molecular formula is C29H33ClFN5O4. The Bertz CT molecular complexity index is 1350. The van der Waals surface area contributed by atoms with Crippen LogP contribution in [0.5, 0.6) is 5.75 Å². The van der Waals surface area contributed by atoms with Crippen LogP contribution < -0.4 is 20.9 Å². The summed E-state index contributed by atoms with van der Waals surface area (Å²) in [6, 6.07) is 11.5. The molecule has 2 unspecified atom stereocenters. The Morgan fingerprint density at radius 1 is 1.25 bits per heavy atom. The van der Waals surface area contributed by atoms with E-state index in [0.717, 1.165) is 11.6 Å². The second kappa shape index (κ2) is 11.8. The van der Waals surface area contributed by atoms with Gasteiger partial charge in [0.2, 0.25) is 5.91 Å². The highest BCUT2D eigenvalue weighted by Crippen LogP contribution is 2.43. The van der Waals surface area contributed by atoms with Crippen LogP contribution in [0, 0.1) is 22.6 Å². The lowest BCUT2D eigenvalue weighted by molar-refractivity contribution is -0.137. The van der Waals surface area contributed by atoms with E-state index in [1.165, 1.54) is 12.1 Å². The summed E-state index contributed by atoms with van der Waals surface area (Å²) in [7, 11) is 0. The van der Waals surface area contributed by atoms with Gasteiger partial charge in [-0.15, -0.1) is 0 Å². The van der Waals surface area contributed by atoms with Gasteiger partial charge in [-0.25, -0.2) is 9.82 Å². The first-order chi connectivity index (χ1) is 18.9. The quantitative estimate of drug-likeness (QED) is 0.462. The average Bonchev–Trinajstić information content (AvgIpc) is 3.37. The maximum Gasteiger partial charge on any atom is 0.275 e. The number of benzene rings is 2. The molecule has 0 bridgehead atoms. The summed E-state index contributed by atoms with van der Waals surface area (Å²) in [5.74, 6) is -2.37. The second-order valence-electron chi connectivity index (χ2n) is 11.0. The number of halogens is 2. The molecule has 3 N–H and O–H groups in total. The molecule has 5 atom stereocenters. The molecule has 2 heterocycles. The van der Waals surface area contributed by atoms with E-state index in [0.29, 0.717) is 24.3 Å². The van der Waals surface area contributed by atoms with Crippen LogP contribution in [-0.2, 0) is 9.59 Å². The number of hydrogen-bond donors (Lipinski definition) is 3. The lowest BCUT2D eigenvalue weighted by Gasteiger charge is -2.38. The molecule has 2 aromatic carbocycles. The number of likely N-dealkylation sites (tertiary alicyclic amines) is 1. The molecule has 2 aromatic rings. The number of carbonyl (C=O) groups excluding carboxylic acids is 3. The number of carbonyl (C=O) groups is 3. The molecule has 0 spiro atoms. The van der Waals surface area contributed by atoms with E-state index in [4.69, 9.17) is 16.3 Å². The molecule has 2 aliphatic heterocycles. The molecule has 3 amide bonds. The summed E-state index contributed by atoms with van der Waals surface area (Å²) in [5, 5.41) is 13.0. The Morgan fingerprint density at radius 2 is 2.00 bits per heavy atom. The van der Waals surface area contributed by atoms with Crippen LogP contribution in [0.2, 0.25) is 5.02 Å². The second-order valence-corrected chi connectivity index (χ2v) is 11.4. The third-order valence-electron chi connectivity index (χ3n) is 7.48. The van der Waals surface area contributed by atoms with Gasteiger partial charge < -0.3 is 15.0 Å². The number of nitrogens with one attached hydrogen (secondary N) is 3. The topological polar surface area (TPSA) is 124 Å². The zero-order chi connectivity index (χ0) is 29.2. The van der Waals surface area contributed by atoms with Crippen molar-refractivity contribution in [3.05, 3.63) is 64.4 Å². The normalized spacial score (nSPS) is 23.6. The van der Waals surface area contributed by atoms with Gasteiger partial charge in [-0.2, -0.15) is 5.26 Å². The smallest absolute Gasteiger partial charge is 0.275 e. The summed E-state index contributed by atoms with van der Waals surface area (Å²) in [4.78, 5) is 40.5. The summed E-state index contributed by atoms with van der Waals surface area (Å²) < 4.78 is 20.4. The summed E-state index contributed by atoms with van der Waals surface area (Å²) >= 11 is 6.22. The minimum atomic E-state index is -0.955. The van der Waals surface area contributed by atoms with Crippen LogP contribution in [0.25, 0.3) is 0 Å². The van der Waals surface area contributed by atoms with Crippen molar-refractivity contribution in [2.45, 2.75) is 77.2 Å². The number of nitrogens with zero attached hydrogens (tertiary/aromatic N) is 2. The zero-order valence-electron chi connectivity index (χ0n) is 22.8. The van der Waals surface area contributed by atoms with E-state index >= 15 is 0 Å². The van der Waals surface area contributed by atoms with E-state index in [1.54, 1.807) is 37.8 Å². The number of ether oxygens (including phenoxy) is 1. The predicted octanol–water partition coefficient (Wildman–Crippen LogP) is 4.04. The summed E-state index contributed by atoms with van der Waals surface area (Å²) in [5.41, 5.74) is 5.28. The van der Waals surface area contributed by atoms with Gasteiger partial charge in [0.1, 0.15) is 6.04 Å². The molecule has 0 saturated carbocycles. The number of hydrazine groups is 1. The maximum atomic E-state index is 14.9. The standard InChI is InChI=1S/C29H33ClFN5O4/c1-16-12-24(27(38)35-34-16)40-23-10-8-19(14-21(23)31)26(37)33-17(2)28(39)36-22(18-6-5-7-20(30)13-18)9-11-25(36)29(3,4)15-32/h5-8,10,13-14,16-17,22,24-25,34H,9,11-12H2,1-4H3,(H,33,37)(H,35,38)/t16?,17-,22+,24?,25-/m1/s1. The van der Waals surface area contributed by atoms with Crippen molar-refractivity contribution in [1.82, 2.24) is 21.1 Å². The van der Waals surface area contributed by atoms with Crippen LogP contribution in [0.3, 0.4) is 0 Å². The lowest BCUT2D eigenvalue weighted by atomic mass is 9.84. The van der Waals surface area contributed by atoms with E-state index in [9.17, 15) is 24.0 Å². The van der Waals surface area contributed by atoms with Gasteiger partial charge >= 0.3 is 0 Å². The zero-order valence-corrected chi connectivity index (χ0v) is 23.6. The Morgan fingerprint density at radius 3 is 2.67 bits per heavy atom. The molecule has 4 rings (SSSR count). The Hall–Kier alpha value is -3.68. The van der Waals surface area contributed by atoms with E-state index in [-0.39, 0.29) is 35.3 Å². The number of amides is 3. The van der Waals surface area contributed by atoms with Crippen LogP contribution >= 0.6 is 11.6 Å². The van der Waals surface area contributed by atoms with E-state index in [2.05, 4.69) is 22.2 Å². The molecule has 0 radical (unpaired) electrons. The SMILES string of the molecule is CC1CC(Oc2ccc(C(=O)N[C@H](C)C(=O)N3[C@H](c4cccc(Cl)c4)CC[C@@H]3C(C)(C)C#N)cc2F)C(=O)NN1. The minimum Gasteiger partial charge on any atom is -0.477 e. The van der Waals surface area contributed by atoms with Crippen molar-refractivity contribution in [2.75, 3.05) is 0 Å². The number of hydrogen-bond acceptors (Lipinski definition) is 6. The average molecular weight is 570 g/mol. The molecule has 2 fully saturated rings. The van der Waals surface area contributed by atoms with Crippen molar-refractivity contribution in [1.29, 1.82) is 5.26 Å². The third-order valence-corrected chi connectivity index (χ3v) is 7.71. The van der Waals surface area contributed by atoms with Crippen LogP contribution in [0.4, 0.5) is 4.39 Å². The molecule has 40 heavy (non-hydrogen) atoms. The van der Waals surface area contributed by atoms with Crippen LogP contribution in [-0.4, -0.2) is 46.9 Å². The van der Waals surface area contributed by atoms with Crippen molar-refractivity contribution in [2.24, 2.45) is 5.41 Å². The fraction of sp³-hybridized carbons (Fsp3) is 0.448. The molecule has 11 heteroatoms. The van der Waals surface area contributed by atoms with Gasteiger partial charge in [0.05, 0.1) is 23.6 Å². The molecule has 2 saturated heterocycles. The first-order valence-corrected chi connectivity index (χ1v) is 13.6. The van der Waals surface area contributed by atoms with Gasteiger partial charge in [-0.1, -0.05) is 23.7 Å². The summed E-state index contributed by atoms with van der Waals surface area (Å²) in [6.45, 7) is 7.00. The number of nitriles is 1. The molecule has 9 nitrogen and oxygen atoms in total. The predicted molar refractivity (Wildman–Crippen MR) is 147 cm³/mol. The van der Waals surface area contributed by atoms with Crippen molar-refractivity contribution < 1.29 is 23.5 Å². The maximum absolute atomic E-state index is 14.9. The van der Waals surface area contributed by atoms with E-state index < -0.39 is 35.2 Å². The van der Waals surface area contributed by atoms with Crippen LogP contribution in [0.1, 0.15) is 68.9 Å². The highest BCUT2D eigenvalue weighted by Gasteiger charge is 2.46. The van der Waals surface area contributed by atoms with Gasteiger partial charge in [0, 0.05) is 23.0 Å². The molecule has 2 aliphatic rings. The summed E-state index contributed by atoms with van der Waals surface area (Å²) in [6.07, 6.45) is 0.735.